The second-order valence-electron chi connectivity index (χ2n) is 12.3. The Labute approximate surface area is 358 Å². The summed E-state index contributed by atoms with van der Waals surface area (Å²) in [6.07, 6.45) is 0. The zero-order chi connectivity index (χ0) is 56.9. The van der Waals surface area contributed by atoms with Crippen LogP contribution in [0.3, 0.4) is 0 Å². The fraction of sp³-hybridized carbons (Fsp3) is 0. The van der Waals surface area contributed by atoms with Gasteiger partial charge in [0, 0.05) is 55.7 Å². The summed E-state index contributed by atoms with van der Waals surface area (Å²) in [5.41, 5.74) is -6.25. The maximum Gasteiger partial charge on any atom is 0.164 e. The summed E-state index contributed by atoms with van der Waals surface area (Å²) in [5.74, 6) is -0.392. The number of para-hydroxylation sites is 2. The first kappa shape index (κ1) is 17.3. The van der Waals surface area contributed by atoms with E-state index in [2.05, 4.69) is 0 Å². The third-order valence-corrected chi connectivity index (χ3v) is 8.89. The number of hydrogen-bond donors (Lipinski definition) is 0. The molecular formula is C51H32N4O2. The molecule has 0 unspecified atom stereocenters. The Morgan fingerprint density at radius 3 is 1.63 bits per heavy atom. The Morgan fingerprint density at radius 2 is 0.930 bits per heavy atom. The van der Waals surface area contributed by atoms with E-state index in [1.165, 1.54) is 0 Å². The van der Waals surface area contributed by atoms with E-state index in [-0.39, 0.29) is 22.4 Å². The fourth-order valence-corrected chi connectivity index (χ4v) is 6.32. The molecule has 0 bridgehead atoms. The fourth-order valence-electron chi connectivity index (χ4n) is 6.32. The first-order valence-corrected chi connectivity index (χ1v) is 17.2. The van der Waals surface area contributed by atoms with Crippen LogP contribution in [0.5, 0.6) is 0 Å². The van der Waals surface area contributed by atoms with Gasteiger partial charge in [-0.15, -0.1) is 0 Å². The van der Waals surface area contributed by atoms with Crippen LogP contribution in [0, 0.1) is 0 Å². The van der Waals surface area contributed by atoms with Crippen molar-refractivity contribution in [2.75, 3.05) is 4.90 Å². The van der Waals surface area contributed by atoms with Crippen LogP contribution in [0.1, 0.15) is 30.2 Å². The van der Waals surface area contributed by atoms with Gasteiger partial charge in [-0.2, -0.15) is 0 Å². The monoisotopic (exact) mass is 754 g/mol. The van der Waals surface area contributed by atoms with Gasteiger partial charge in [-0.3, -0.25) is 0 Å². The van der Waals surface area contributed by atoms with Crippen LogP contribution < -0.4 is 4.90 Å². The van der Waals surface area contributed by atoms with Gasteiger partial charge in [-0.05, 0) is 59.5 Å². The molecule has 0 saturated carbocycles. The van der Waals surface area contributed by atoms with Crippen LogP contribution in [0.25, 0.3) is 89.2 Å². The Hall–Kier alpha value is -7.83. The van der Waals surface area contributed by atoms with Gasteiger partial charge >= 0.3 is 0 Å². The van der Waals surface area contributed by atoms with Crippen molar-refractivity contribution in [3.63, 3.8) is 0 Å². The molecule has 0 aliphatic heterocycles. The summed E-state index contributed by atoms with van der Waals surface area (Å²) in [4.78, 5) is 14.9. The van der Waals surface area contributed by atoms with Crippen LogP contribution >= 0.6 is 0 Å². The Bertz CT molecular complexity index is 4420. The molecule has 0 radical (unpaired) electrons. The largest absolute Gasteiger partial charge is 0.456 e. The maximum absolute atomic E-state index is 10.4. The highest BCUT2D eigenvalue weighted by atomic mass is 16.3. The number of benzene rings is 8. The number of fused-ring (bicyclic) bond motifs is 6. The molecule has 57 heavy (non-hydrogen) atoms. The average molecular weight is 755 g/mol. The van der Waals surface area contributed by atoms with E-state index in [0.717, 1.165) is 0 Å². The second kappa shape index (κ2) is 13.5. The minimum atomic E-state index is -1.13. The van der Waals surface area contributed by atoms with Gasteiger partial charge < -0.3 is 13.7 Å². The molecule has 3 aromatic heterocycles. The molecule has 0 N–H and O–H groups in total. The number of hydrogen-bond acceptors (Lipinski definition) is 6. The molecule has 3 heterocycles. The Kier molecular flexibility index (Phi) is 4.10. The van der Waals surface area contributed by atoms with Crippen LogP contribution in [0.15, 0.2) is 202 Å². The van der Waals surface area contributed by atoms with Gasteiger partial charge in [0.05, 0.1) is 35.8 Å². The zero-order valence-corrected chi connectivity index (χ0v) is 28.9. The molecular weight excluding hydrogens is 701 g/mol. The van der Waals surface area contributed by atoms with Crippen molar-refractivity contribution in [3.8, 4) is 45.3 Å². The van der Waals surface area contributed by atoms with E-state index >= 15 is 0 Å². The molecule has 0 amide bonds. The first-order valence-electron chi connectivity index (χ1n) is 28.2. The van der Waals surface area contributed by atoms with E-state index in [9.17, 15) is 13.7 Å². The highest BCUT2D eigenvalue weighted by Gasteiger charge is 2.23. The predicted octanol–water partition coefficient (Wildman–Crippen LogP) is 13.8. The summed E-state index contributed by atoms with van der Waals surface area (Å²) in [5, 5.41) is -1.69. The molecule has 6 nitrogen and oxygen atoms in total. The molecule has 0 atom stereocenters. The van der Waals surface area contributed by atoms with Crippen molar-refractivity contribution in [1.29, 1.82) is 0 Å². The highest BCUT2D eigenvalue weighted by Crippen LogP contribution is 2.45. The van der Waals surface area contributed by atoms with Crippen LogP contribution in [0.4, 0.5) is 17.1 Å². The molecule has 11 rings (SSSR count). The smallest absolute Gasteiger partial charge is 0.164 e. The number of nitrogens with zero attached hydrogens (tertiary/aromatic N) is 4. The molecule has 0 fully saturated rings. The maximum atomic E-state index is 10.4. The molecule has 11 aromatic rings. The lowest BCUT2D eigenvalue weighted by atomic mass is 10.0. The van der Waals surface area contributed by atoms with E-state index in [1.54, 1.807) is 60.7 Å². The molecule has 0 spiro atoms. The van der Waals surface area contributed by atoms with Crippen molar-refractivity contribution >= 4 is 60.9 Å². The lowest BCUT2D eigenvalue weighted by Gasteiger charge is -2.26. The topological polar surface area (TPSA) is 68.2 Å². The lowest BCUT2D eigenvalue weighted by Crippen LogP contribution is -2.10. The molecule has 268 valence electrons. The van der Waals surface area contributed by atoms with Crippen LogP contribution in [0.2, 0.25) is 0 Å². The Balaban J connectivity index is 1.38. The second-order valence-corrected chi connectivity index (χ2v) is 12.3. The molecule has 0 saturated heterocycles. The summed E-state index contributed by atoms with van der Waals surface area (Å²) in [6, 6.07) is -2.52. The summed E-state index contributed by atoms with van der Waals surface area (Å²) in [6.45, 7) is 0. The number of furan rings is 2. The van der Waals surface area contributed by atoms with Crippen molar-refractivity contribution in [2.24, 2.45) is 0 Å². The van der Waals surface area contributed by atoms with Crippen molar-refractivity contribution in [1.82, 2.24) is 15.0 Å². The summed E-state index contributed by atoms with van der Waals surface area (Å²) in [7, 11) is 0. The third-order valence-electron chi connectivity index (χ3n) is 8.89. The number of aromatic nitrogens is 3. The predicted molar refractivity (Wildman–Crippen MR) is 231 cm³/mol. The summed E-state index contributed by atoms with van der Waals surface area (Å²) >= 11 is 0. The van der Waals surface area contributed by atoms with Crippen LogP contribution in [-0.4, -0.2) is 15.0 Å². The van der Waals surface area contributed by atoms with Crippen molar-refractivity contribution in [3.05, 3.63) is 194 Å². The SMILES string of the molecule is [2H]c1c([2H])c([2H])c(-c2c([2H])c([2H])c(N(c3c([2H])c(-c4nc(-c5ccccc5)nc(-c5ccccc5)n4)c4c(oc5c([2H])c([2H])c([2H])c([2H])c54)c3[2H])c3c([2H])c([2H])c4oc5c([2H])c([2H])c([2H])c([2H])c5c4c3[2H])c([2H])c2[2H])c([2H])c1[2H]. The quantitative estimate of drug-likeness (QED) is 0.161. The van der Waals surface area contributed by atoms with E-state index in [0.29, 0.717) is 16.0 Å². The molecule has 0 aliphatic carbocycles. The van der Waals surface area contributed by atoms with Crippen LogP contribution in [-0.2, 0) is 0 Å². The highest BCUT2D eigenvalue weighted by molar-refractivity contribution is 6.13. The van der Waals surface area contributed by atoms with Gasteiger partial charge in [0.1, 0.15) is 22.3 Å². The van der Waals surface area contributed by atoms with Gasteiger partial charge in [0.2, 0.25) is 0 Å². The van der Waals surface area contributed by atoms with E-state index < -0.39 is 206 Å². The molecule has 8 aromatic carbocycles. The zero-order valence-electron chi connectivity index (χ0n) is 50.9. The summed E-state index contributed by atoms with van der Waals surface area (Å²) < 4.78 is 212. The van der Waals surface area contributed by atoms with Gasteiger partial charge in [-0.25, -0.2) is 15.0 Å². The number of rotatable bonds is 7. The van der Waals surface area contributed by atoms with Gasteiger partial charge in [0.15, 0.2) is 17.5 Å². The Morgan fingerprint density at radius 1 is 0.386 bits per heavy atom. The first-order chi connectivity index (χ1) is 37.4. The number of anilines is 3. The lowest BCUT2D eigenvalue weighted by molar-refractivity contribution is 0.668. The average Bonchev–Trinajstić information content (AvgIpc) is 3.94. The van der Waals surface area contributed by atoms with E-state index in [4.69, 9.17) is 40.2 Å². The third kappa shape index (κ3) is 5.79. The van der Waals surface area contributed by atoms with Gasteiger partial charge in [-0.1, -0.05) is 139 Å². The van der Waals surface area contributed by atoms with Gasteiger partial charge in [0.25, 0.3) is 0 Å². The van der Waals surface area contributed by atoms with Crippen molar-refractivity contribution < 1.29 is 39.0 Å². The normalized spacial score (nSPS) is 16.9. The standard InChI is InChI=1S/C51H32N4O2/c1-4-14-33(15-5-1)34-24-26-37(27-25-34)55(38-28-29-46-42(30-38)40-20-10-12-22-44(40)56-46)39-31-43(48-41-21-11-13-23-45(41)57-47(48)32-39)51-53-49(35-16-6-2-7-17-35)52-50(54-51)36-18-8-3-9-19-36/h1-32H/i1D,4D,5D,10D,11D,12D,13D,14D,15D,20D,21D,22D,23D,24D,25D,26D,27D,28D,29D,30D,31D,32D. The van der Waals surface area contributed by atoms with E-state index in [1.807, 2.05) is 0 Å². The minimum absolute atomic E-state index is 0.00506. The van der Waals surface area contributed by atoms with Crippen molar-refractivity contribution in [2.45, 2.75) is 0 Å². The minimum Gasteiger partial charge on any atom is -0.456 e. The molecule has 6 heteroatoms. The molecule has 0 aliphatic rings.